The van der Waals surface area contributed by atoms with Gasteiger partial charge in [0, 0.05) is 44.7 Å². The van der Waals surface area contributed by atoms with E-state index in [1.54, 1.807) is 7.11 Å². The molecule has 4 rings (SSSR count). The summed E-state index contributed by atoms with van der Waals surface area (Å²) in [7, 11) is 1.72. The van der Waals surface area contributed by atoms with Crippen LogP contribution in [0.15, 0.2) is 48.5 Å². The van der Waals surface area contributed by atoms with Gasteiger partial charge in [-0.05, 0) is 36.6 Å². The molecule has 0 spiro atoms. The molecule has 0 N–H and O–H groups in total. The summed E-state index contributed by atoms with van der Waals surface area (Å²) in [6.45, 7) is 8.08. The molecule has 2 saturated heterocycles. The maximum absolute atomic E-state index is 5.25. The van der Waals surface area contributed by atoms with E-state index in [1.165, 1.54) is 49.3 Å². The molecule has 2 aromatic rings. The zero-order valence-corrected chi connectivity index (χ0v) is 15.3. The highest BCUT2D eigenvalue weighted by molar-refractivity contribution is 5.31. The van der Waals surface area contributed by atoms with Gasteiger partial charge in [-0.2, -0.15) is 0 Å². The number of likely N-dealkylation sites (tertiary alicyclic amines) is 2. The largest absolute Gasteiger partial charge is 0.497 e. The molecule has 3 nitrogen and oxygen atoms in total. The second-order valence-corrected chi connectivity index (χ2v) is 7.59. The average molecular weight is 336 g/mol. The molecule has 132 valence electrons. The molecule has 0 bridgehead atoms. The van der Waals surface area contributed by atoms with Crippen LogP contribution in [0.2, 0.25) is 0 Å². The maximum Gasteiger partial charge on any atom is 0.118 e. The molecule has 0 aliphatic carbocycles. The molecule has 0 amide bonds. The number of hydrogen-bond donors (Lipinski definition) is 0. The minimum atomic E-state index is 0.692. The fourth-order valence-electron chi connectivity index (χ4n) is 4.10. The number of aryl methyl sites for hydroxylation is 1. The van der Waals surface area contributed by atoms with Crippen LogP contribution in [-0.4, -0.2) is 49.1 Å². The zero-order valence-electron chi connectivity index (χ0n) is 15.3. The number of rotatable bonds is 5. The second kappa shape index (κ2) is 7.19. The van der Waals surface area contributed by atoms with Gasteiger partial charge in [-0.3, -0.25) is 9.80 Å². The van der Waals surface area contributed by atoms with E-state index in [2.05, 4.69) is 65.3 Å². The Morgan fingerprint density at radius 3 is 2.36 bits per heavy atom. The lowest BCUT2D eigenvalue weighted by atomic mass is 9.90. The minimum Gasteiger partial charge on any atom is -0.497 e. The van der Waals surface area contributed by atoms with E-state index in [1.807, 2.05) is 0 Å². The third kappa shape index (κ3) is 3.73. The summed E-state index contributed by atoms with van der Waals surface area (Å²) in [6, 6.07) is 18.3. The summed E-state index contributed by atoms with van der Waals surface area (Å²) >= 11 is 0. The van der Waals surface area contributed by atoms with Gasteiger partial charge in [-0.15, -0.1) is 0 Å². The highest BCUT2D eigenvalue weighted by Gasteiger charge is 2.36. The molecule has 0 saturated carbocycles. The molecule has 0 radical (unpaired) electrons. The van der Waals surface area contributed by atoms with Gasteiger partial charge < -0.3 is 4.74 Å². The highest BCUT2D eigenvalue weighted by Crippen LogP contribution is 2.32. The van der Waals surface area contributed by atoms with Crippen molar-refractivity contribution >= 4 is 0 Å². The van der Waals surface area contributed by atoms with Gasteiger partial charge in [0.25, 0.3) is 0 Å². The van der Waals surface area contributed by atoms with Crippen molar-refractivity contribution in [1.82, 2.24) is 9.80 Å². The number of hydrogen-bond acceptors (Lipinski definition) is 3. The van der Waals surface area contributed by atoms with Gasteiger partial charge in [0.15, 0.2) is 0 Å². The van der Waals surface area contributed by atoms with Crippen molar-refractivity contribution in [2.45, 2.75) is 31.8 Å². The standard InChI is InChI=1S/C22H28N2O/c1-17-3-5-18(6-4-17)13-23-12-11-21(16-23)24-14-20(15-24)19-7-9-22(25-2)10-8-19/h3-10,20-21H,11-16H2,1-2H3. The summed E-state index contributed by atoms with van der Waals surface area (Å²) in [5, 5.41) is 0. The molecule has 2 heterocycles. The molecule has 3 heteroatoms. The number of ether oxygens (including phenoxy) is 1. The van der Waals surface area contributed by atoms with Crippen molar-refractivity contribution in [3.05, 3.63) is 65.2 Å². The quantitative estimate of drug-likeness (QED) is 0.828. The van der Waals surface area contributed by atoms with Crippen LogP contribution in [0.25, 0.3) is 0 Å². The van der Waals surface area contributed by atoms with Crippen LogP contribution in [0, 0.1) is 6.92 Å². The van der Waals surface area contributed by atoms with Crippen molar-refractivity contribution in [2.24, 2.45) is 0 Å². The van der Waals surface area contributed by atoms with Crippen LogP contribution in [0.1, 0.15) is 29.0 Å². The van der Waals surface area contributed by atoms with Crippen molar-refractivity contribution in [3.8, 4) is 5.75 Å². The Morgan fingerprint density at radius 2 is 1.68 bits per heavy atom. The van der Waals surface area contributed by atoms with E-state index in [4.69, 9.17) is 4.74 Å². The monoisotopic (exact) mass is 336 g/mol. The van der Waals surface area contributed by atoms with E-state index in [0.717, 1.165) is 18.3 Å². The third-order valence-electron chi connectivity index (χ3n) is 5.79. The smallest absolute Gasteiger partial charge is 0.118 e. The first kappa shape index (κ1) is 16.6. The molecule has 2 aliphatic heterocycles. The fraction of sp³-hybridized carbons (Fsp3) is 0.455. The maximum atomic E-state index is 5.25. The van der Waals surface area contributed by atoms with Gasteiger partial charge in [-0.1, -0.05) is 42.0 Å². The van der Waals surface area contributed by atoms with Crippen LogP contribution >= 0.6 is 0 Å². The van der Waals surface area contributed by atoms with Gasteiger partial charge in [0.1, 0.15) is 5.75 Å². The molecular weight excluding hydrogens is 308 g/mol. The Labute approximate surface area is 151 Å². The van der Waals surface area contributed by atoms with Crippen LogP contribution in [0.5, 0.6) is 5.75 Å². The first-order chi connectivity index (χ1) is 12.2. The van der Waals surface area contributed by atoms with E-state index in [9.17, 15) is 0 Å². The summed E-state index contributed by atoms with van der Waals surface area (Å²) in [5.41, 5.74) is 4.23. The summed E-state index contributed by atoms with van der Waals surface area (Å²) < 4.78 is 5.25. The van der Waals surface area contributed by atoms with E-state index >= 15 is 0 Å². The first-order valence-corrected chi connectivity index (χ1v) is 9.37. The van der Waals surface area contributed by atoms with Gasteiger partial charge in [0.05, 0.1) is 7.11 Å². The molecule has 2 aromatic carbocycles. The third-order valence-corrected chi connectivity index (χ3v) is 5.79. The van der Waals surface area contributed by atoms with Crippen LogP contribution in [0.4, 0.5) is 0 Å². The summed E-state index contributed by atoms with van der Waals surface area (Å²) in [4.78, 5) is 5.28. The summed E-state index contributed by atoms with van der Waals surface area (Å²) in [6.07, 6.45) is 1.31. The molecular formula is C22H28N2O. The minimum absolute atomic E-state index is 0.692. The van der Waals surface area contributed by atoms with Gasteiger partial charge >= 0.3 is 0 Å². The number of methoxy groups -OCH3 is 1. The zero-order chi connectivity index (χ0) is 17.2. The fourth-order valence-corrected chi connectivity index (χ4v) is 4.10. The van der Waals surface area contributed by atoms with Crippen molar-refractivity contribution < 1.29 is 4.74 Å². The highest BCUT2D eigenvalue weighted by atomic mass is 16.5. The van der Waals surface area contributed by atoms with Gasteiger partial charge in [-0.25, -0.2) is 0 Å². The Morgan fingerprint density at radius 1 is 0.960 bits per heavy atom. The lowest BCUT2D eigenvalue weighted by Crippen LogP contribution is -2.51. The Balaban J connectivity index is 1.26. The molecule has 25 heavy (non-hydrogen) atoms. The Kier molecular flexibility index (Phi) is 4.78. The van der Waals surface area contributed by atoms with Crippen LogP contribution in [0.3, 0.4) is 0 Å². The SMILES string of the molecule is COc1ccc(C2CN(C3CCN(Cc4ccc(C)cc4)C3)C2)cc1. The van der Waals surface area contributed by atoms with Crippen molar-refractivity contribution in [2.75, 3.05) is 33.3 Å². The first-order valence-electron chi connectivity index (χ1n) is 9.37. The Hall–Kier alpha value is -1.84. The van der Waals surface area contributed by atoms with E-state index < -0.39 is 0 Å². The normalized spacial score (nSPS) is 22.1. The van der Waals surface area contributed by atoms with Crippen molar-refractivity contribution in [1.29, 1.82) is 0 Å². The molecule has 2 fully saturated rings. The molecule has 1 unspecified atom stereocenters. The number of nitrogens with zero attached hydrogens (tertiary/aromatic N) is 2. The predicted octanol–water partition coefficient (Wildman–Crippen LogP) is 3.68. The summed E-state index contributed by atoms with van der Waals surface area (Å²) in [5.74, 6) is 1.64. The van der Waals surface area contributed by atoms with Gasteiger partial charge in [0.2, 0.25) is 0 Å². The predicted molar refractivity (Wildman–Crippen MR) is 102 cm³/mol. The van der Waals surface area contributed by atoms with E-state index in [-0.39, 0.29) is 0 Å². The molecule has 2 aliphatic rings. The topological polar surface area (TPSA) is 15.7 Å². The lowest BCUT2D eigenvalue weighted by molar-refractivity contribution is 0.0934. The molecule has 1 atom stereocenters. The molecule has 0 aromatic heterocycles. The average Bonchev–Trinajstić information content (AvgIpc) is 3.04. The second-order valence-electron chi connectivity index (χ2n) is 7.59. The Bertz CT molecular complexity index is 689. The number of benzene rings is 2. The van der Waals surface area contributed by atoms with Crippen LogP contribution in [-0.2, 0) is 6.54 Å². The van der Waals surface area contributed by atoms with E-state index in [0.29, 0.717) is 5.92 Å². The van der Waals surface area contributed by atoms with Crippen molar-refractivity contribution in [3.63, 3.8) is 0 Å². The van der Waals surface area contributed by atoms with Crippen LogP contribution < -0.4 is 4.74 Å². The lowest BCUT2D eigenvalue weighted by Gasteiger charge is -2.43.